The summed E-state index contributed by atoms with van der Waals surface area (Å²) in [7, 11) is 0. The van der Waals surface area contributed by atoms with Crippen molar-refractivity contribution in [1.82, 2.24) is 9.97 Å². The first-order valence-corrected chi connectivity index (χ1v) is 10.2. The van der Waals surface area contributed by atoms with E-state index in [1.807, 2.05) is 24.3 Å². The van der Waals surface area contributed by atoms with Crippen LogP contribution < -0.4 is 5.56 Å². The van der Waals surface area contributed by atoms with Gasteiger partial charge in [0, 0.05) is 15.7 Å². The average molecular weight is 377 g/mol. The maximum Gasteiger partial charge on any atom is 0.260 e. The van der Waals surface area contributed by atoms with E-state index < -0.39 is 0 Å². The van der Waals surface area contributed by atoms with Gasteiger partial charge in [0.2, 0.25) is 0 Å². The van der Waals surface area contributed by atoms with Crippen LogP contribution in [0.1, 0.15) is 29.3 Å². The molecule has 0 unspecified atom stereocenters. The molecule has 0 amide bonds. The largest absolute Gasteiger partial charge is 0.301 e. The number of H-pyrrole nitrogens is 1. The maximum absolute atomic E-state index is 12.6. The normalized spacial score (nSPS) is 17.2. The predicted molar refractivity (Wildman–Crippen MR) is 102 cm³/mol. The summed E-state index contributed by atoms with van der Waals surface area (Å²) in [6.45, 7) is 2.28. The van der Waals surface area contributed by atoms with Crippen molar-refractivity contribution in [2.45, 2.75) is 37.1 Å². The van der Waals surface area contributed by atoms with E-state index in [9.17, 15) is 4.79 Å². The summed E-state index contributed by atoms with van der Waals surface area (Å²) >= 11 is 9.25. The first-order valence-electron chi connectivity index (χ1n) is 8.02. The first-order chi connectivity index (χ1) is 11.6. The van der Waals surface area contributed by atoms with Gasteiger partial charge in [0.05, 0.1) is 5.39 Å². The van der Waals surface area contributed by atoms with Crippen molar-refractivity contribution in [2.24, 2.45) is 5.92 Å². The zero-order valence-corrected chi connectivity index (χ0v) is 15.7. The molecule has 4 rings (SSSR count). The topological polar surface area (TPSA) is 45.8 Å². The number of aryl methyl sites for hydroxylation is 1. The van der Waals surface area contributed by atoms with Crippen molar-refractivity contribution in [3.63, 3.8) is 0 Å². The standard InChI is InChI=1S/C18H17ClN2OS2/c1-10-5-6-13-14(7-10)24-17-15(13)16(22)20-18(21-17)23-9-11-3-2-4-12(19)8-11/h2-4,8,10H,5-7,9H2,1H3,(H,20,21,22)/t10-/m1/s1. The Labute approximate surface area is 153 Å². The Morgan fingerprint density at radius 2 is 2.33 bits per heavy atom. The highest BCUT2D eigenvalue weighted by atomic mass is 35.5. The van der Waals surface area contributed by atoms with E-state index in [1.54, 1.807) is 11.3 Å². The Hall–Kier alpha value is -1.30. The third kappa shape index (κ3) is 3.13. The van der Waals surface area contributed by atoms with E-state index in [-0.39, 0.29) is 5.56 Å². The van der Waals surface area contributed by atoms with E-state index in [2.05, 4.69) is 11.9 Å². The summed E-state index contributed by atoms with van der Waals surface area (Å²) in [4.78, 5) is 22.4. The fourth-order valence-corrected chi connectivity index (χ4v) is 5.63. The van der Waals surface area contributed by atoms with E-state index >= 15 is 0 Å². The number of aromatic nitrogens is 2. The predicted octanol–water partition coefficient (Wildman–Crippen LogP) is 5.06. The van der Waals surface area contributed by atoms with Crippen LogP contribution in [0.2, 0.25) is 5.02 Å². The fourth-order valence-electron chi connectivity index (χ4n) is 3.18. The number of nitrogens with zero attached hydrogens (tertiary/aromatic N) is 1. The monoisotopic (exact) mass is 376 g/mol. The second kappa shape index (κ2) is 6.54. The minimum atomic E-state index is 0.000599. The van der Waals surface area contributed by atoms with Crippen LogP contribution in [0, 0.1) is 5.92 Å². The van der Waals surface area contributed by atoms with E-state index in [0.717, 1.165) is 45.8 Å². The quantitative estimate of drug-likeness (QED) is 0.513. The molecule has 2 heterocycles. The van der Waals surface area contributed by atoms with E-state index in [1.165, 1.54) is 22.2 Å². The smallest absolute Gasteiger partial charge is 0.260 e. The van der Waals surface area contributed by atoms with Gasteiger partial charge in [-0.1, -0.05) is 42.4 Å². The number of rotatable bonds is 3. The van der Waals surface area contributed by atoms with Gasteiger partial charge < -0.3 is 4.98 Å². The van der Waals surface area contributed by atoms with Crippen LogP contribution in [0.15, 0.2) is 34.2 Å². The van der Waals surface area contributed by atoms with Crippen LogP contribution in [0.3, 0.4) is 0 Å². The number of benzene rings is 1. The highest BCUT2D eigenvalue weighted by Crippen LogP contribution is 2.36. The molecule has 0 bridgehead atoms. The van der Waals surface area contributed by atoms with Gasteiger partial charge in [0.15, 0.2) is 5.16 Å². The van der Waals surface area contributed by atoms with E-state index in [4.69, 9.17) is 16.6 Å². The summed E-state index contributed by atoms with van der Waals surface area (Å²) in [6.07, 6.45) is 3.22. The molecule has 0 saturated carbocycles. The third-order valence-electron chi connectivity index (χ3n) is 4.41. The molecule has 1 aliphatic carbocycles. The van der Waals surface area contributed by atoms with Crippen LogP contribution >= 0.6 is 34.7 Å². The van der Waals surface area contributed by atoms with Gasteiger partial charge in [0.1, 0.15) is 4.83 Å². The lowest BCUT2D eigenvalue weighted by atomic mass is 9.89. The molecular weight excluding hydrogens is 360 g/mol. The SMILES string of the molecule is C[C@@H]1CCc2c(sc3nc(SCc4cccc(Cl)c4)[nH]c(=O)c23)C1. The zero-order chi connectivity index (χ0) is 16.7. The molecule has 1 atom stereocenters. The highest BCUT2D eigenvalue weighted by molar-refractivity contribution is 7.98. The molecule has 1 aliphatic rings. The zero-order valence-electron chi connectivity index (χ0n) is 13.3. The summed E-state index contributed by atoms with van der Waals surface area (Å²) in [5, 5.41) is 2.22. The second-order valence-corrected chi connectivity index (χ2v) is 8.81. The number of nitrogens with one attached hydrogen (secondary N) is 1. The molecule has 1 N–H and O–H groups in total. The molecule has 124 valence electrons. The highest BCUT2D eigenvalue weighted by Gasteiger charge is 2.23. The summed E-state index contributed by atoms with van der Waals surface area (Å²) < 4.78 is 0. The molecule has 24 heavy (non-hydrogen) atoms. The van der Waals surface area contributed by atoms with Gasteiger partial charge in [-0.15, -0.1) is 11.3 Å². The molecular formula is C18H17ClN2OS2. The number of halogens is 1. The van der Waals surface area contributed by atoms with Crippen molar-refractivity contribution in [3.05, 3.63) is 55.6 Å². The Kier molecular flexibility index (Phi) is 4.41. The molecule has 6 heteroatoms. The minimum absolute atomic E-state index is 0.000599. The second-order valence-electron chi connectivity index (χ2n) is 6.32. The Bertz CT molecular complexity index is 963. The third-order valence-corrected chi connectivity index (χ3v) is 6.74. The minimum Gasteiger partial charge on any atom is -0.301 e. The van der Waals surface area contributed by atoms with Gasteiger partial charge in [-0.3, -0.25) is 4.79 Å². The van der Waals surface area contributed by atoms with Crippen LogP contribution in [-0.4, -0.2) is 9.97 Å². The lowest BCUT2D eigenvalue weighted by molar-refractivity contribution is 0.509. The lowest BCUT2D eigenvalue weighted by Gasteiger charge is -2.17. The molecule has 0 radical (unpaired) electrons. The summed E-state index contributed by atoms with van der Waals surface area (Å²) in [6, 6.07) is 7.77. The molecule has 3 nitrogen and oxygen atoms in total. The van der Waals surface area contributed by atoms with Gasteiger partial charge in [-0.05, 0) is 48.4 Å². The van der Waals surface area contributed by atoms with Crippen molar-refractivity contribution < 1.29 is 0 Å². The molecule has 1 aromatic carbocycles. The molecule has 2 aromatic heterocycles. The van der Waals surface area contributed by atoms with Crippen molar-refractivity contribution >= 4 is 44.9 Å². The van der Waals surface area contributed by atoms with Crippen LogP contribution in [0.5, 0.6) is 0 Å². The lowest BCUT2D eigenvalue weighted by Crippen LogP contribution is -2.13. The number of hydrogen-bond acceptors (Lipinski definition) is 4. The van der Waals surface area contributed by atoms with Crippen molar-refractivity contribution in [2.75, 3.05) is 0 Å². The molecule has 3 aromatic rings. The molecule has 0 spiro atoms. The number of hydrogen-bond donors (Lipinski definition) is 1. The Morgan fingerprint density at radius 1 is 1.46 bits per heavy atom. The van der Waals surface area contributed by atoms with Gasteiger partial charge in [0.25, 0.3) is 5.56 Å². The van der Waals surface area contributed by atoms with E-state index in [0.29, 0.717) is 11.1 Å². The van der Waals surface area contributed by atoms with Crippen LogP contribution in [0.25, 0.3) is 10.2 Å². The fraction of sp³-hybridized carbons (Fsp3) is 0.333. The van der Waals surface area contributed by atoms with Gasteiger partial charge in [-0.25, -0.2) is 4.98 Å². The number of thioether (sulfide) groups is 1. The Balaban J connectivity index is 1.64. The van der Waals surface area contributed by atoms with Gasteiger partial charge in [-0.2, -0.15) is 0 Å². The molecule has 0 fully saturated rings. The average Bonchev–Trinajstić information content (AvgIpc) is 2.90. The number of fused-ring (bicyclic) bond motifs is 3. The molecule has 0 aliphatic heterocycles. The van der Waals surface area contributed by atoms with Crippen molar-refractivity contribution in [3.8, 4) is 0 Å². The molecule has 0 saturated heterocycles. The Morgan fingerprint density at radius 3 is 3.17 bits per heavy atom. The first kappa shape index (κ1) is 16.2. The van der Waals surface area contributed by atoms with Crippen LogP contribution in [-0.2, 0) is 18.6 Å². The number of aromatic amines is 1. The number of thiophene rings is 1. The van der Waals surface area contributed by atoms with Crippen LogP contribution in [0.4, 0.5) is 0 Å². The summed E-state index contributed by atoms with van der Waals surface area (Å²) in [5.41, 5.74) is 2.35. The summed E-state index contributed by atoms with van der Waals surface area (Å²) in [5.74, 6) is 1.43. The van der Waals surface area contributed by atoms with Gasteiger partial charge >= 0.3 is 0 Å². The van der Waals surface area contributed by atoms with Crippen molar-refractivity contribution in [1.29, 1.82) is 0 Å². The maximum atomic E-state index is 12.6.